The molecule has 0 spiro atoms. The van der Waals surface area contributed by atoms with Gasteiger partial charge in [0.2, 0.25) is 0 Å². The third-order valence-electron chi connectivity index (χ3n) is 2.63. The van der Waals surface area contributed by atoms with Gasteiger partial charge >= 0.3 is 0 Å². The average Bonchev–Trinajstić information content (AvgIpc) is 2.95. The number of aryl methyl sites for hydroxylation is 1. The number of hydrogen-bond acceptors (Lipinski definition) is 7. The molecule has 0 aliphatic heterocycles. The molecule has 3 N–H and O–H groups in total. The monoisotopic (exact) mass is 297 g/mol. The number of nitrogens with zero attached hydrogens (tertiary/aromatic N) is 3. The molecule has 1 amide bonds. The van der Waals surface area contributed by atoms with E-state index in [0.717, 1.165) is 10.6 Å². The minimum absolute atomic E-state index is 0.121. The lowest BCUT2D eigenvalue weighted by Gasteiger charge is -2.15. The number of nitrogens with one attached hydrogen (secondary N) is 1. The van der Waals surface area contributed by atoms with Crippen LogP contribution in [0.4, 0.5) is 10.9 Å². The largest absolute Gasteiger partial charge is 0.382 e. The second-order valence-corrected chi connectivity index (χ2v) is 5.94. The van der Waals surface area contributed by atoms with Gasteiger partial charge < -0.3 is 16.0 Å². The summed E-state index contributed by atoms with van der Waals surface area (Å²) >= 11 is 2.81. The van der Waals surface area contributed by atoms with Crippen LogP contribution in [0.3, 0.4) is 0 Å². The van der Waals surface area contributed by atoms with E-state index in [9.17, 15) is 4.79 Å². The van der Waals surface area contributed by atoms with Crippen LogP contribution in [0.5, 0.6) is 0 Å². The van der Waals surface area contributed by atoms with Gasteiger partial charge in [0, 0.05) is 19.0 Å². The predicted molar refractivity (Wildman–Crippen MR) is 78.7 cm³/mol. The molecule has 2 aromatic heterocycles. The standard InChI is InChI=1S/C11H15N5OS2/c1-6-7(18-5-14-6)4-16(3)10(17)8-9(12)15-11(13-2)19-8/h5H,4,12H2,1-3H3,(H,13,15). The molecule has 0 aliphatic carbocycles. The summed E-state index contributed by atoms with van der Waals surface area (Å²) in [6, 6.07) is 0. The fourth-order valence-corrected chi connectivity index (χ4v) is 3.19. The smallest absolute Gasteiger partial charge is 0.267 e. The zero-order valence-corrected chi connectivity index (χ0v) is 12.6. The molecule has 0 fully saturated rings. The van der Waals surface area contributed by atoms with Gasteiger partial charge in [-0.2, -0.15) is 0 Å². The van der Waals surface area contributed by atoms with Crippen LogP contribution >= 0.6 is 22.7 Å². The Balaban J connectivity index is 2.14. The number of amides is 1. The van der Waals surface area contributed by atoms with E-state index in [0.29, 0.717) is 16.6 Å². The van der Waals surface area contributed by atoms with Gasteiger partial charge in [0.25, 0.3) is 5.91 Å². The summed E-state index contributed by atoms with van der Waals surface area (Å²) in [6.45, 7) is 2.46. The Bertz CT molecular complexity index is 592. The van der Waals surface area contributed by atoms with Crippen molar-refractivity contribution in [2.75, 3.05) is 25.1 Å². The van der Waals surface area contributed by atoms with Crippen LogP contribution in [0.25, 0.3) is 0 Å². The van der Waals surface area contributed by atoms with Gasteiger partial charge in [0.05, 0.1) is 17.7 Å². The van der Waals surface area contributed by atoms with Crippen LogP contribution in [0.2, 0.25) is 0 Å². The molecule has 6 nitrogen and oxygen atoms in total. The van der Waals surface area contributed by atoms with Gasteiger partial charge in [-0.3, -0.25) is 4.79 Å². The second-order valence-electron chi connectivity index (χ2n) is 4.01. The highest BCUT2D eigenvalue weighted by atomic mass is 32.1. The number of carbonyl (C=O) groups excluding carboxylic acids is 1. The molecule has 102 valence electrons. The van der Waals surface area contributed by atoms with Crippen LogP contribution in [-0.2, 0) is 6.54 Å². The van der Waals surface area contributed by atoms with Gasteiger partial charge in [0.1, 0.15) is 10.7 Å². The third kappa shape index (κ3) is 2.85. The lowest BCUT2D eigenvalue weighted by atomic mass is 10.3. The average molecular weight is 297 g/mol. The Hall–Kier alpha value is -1.67. The van der Waals surface area contributed by atoms with Crippen molar-refractivity contribution >= 4 is 39.5 Å². The first-order valence-corrected chi connectivity index (χ1v) is 7.31. The number of nitrogens with two attached hydrogens (primary N) is 1. The highest BCUT2D eigenvalue weighted by Gasteiger charge is 2.20. The minimum atomic E-state index is -0.121. The first-order valence-electron chi connectivity index (χ1n) is 5.61. The van der Waals surface area contributed by atoms with Crippen LogP contribution in [0.15, 0.2) is 5.51 Å². The van der Waals surface area contributed by atoms with Crippen molar-refractivity contribution in [2.45, 2.75) is 13.5 Å². The summed E-state index contributed by atoms with van der Waals surface area (Å²) in [5.74, 6) is 0.150. The molecule has 0 saturated carbocycles. The van der Waals surface area contributed by atoms with Gasteiger partial charge in [-0.15, -0.1) is 11.3 Å². The summed E-state index contributed by atoms with van der Waals surface area (Å²) in [5.41, 5.74) is 8.50. The van der Waals surface area contributed by atoms with Crippen molar-refractivity contribution in [2.24, 2.45) is 0 Å². The number of nitrogen functional groups attached to an aromatic ring is 1. The van der Waals surface area contributed by atoms with Gasteiger partial charge in [-0.1, -0.05) is 11.3 Å². The SMILES string of the molecule is CNc1nc(N)c(C(=O)N(C)Cc2scnc2C)s1. The highest BCUT2D eigenvalue weighted by Crippen LogP contribution is 2.26. The minimum Gasteiger partial charge on any atom is -0.382 e. The summed E-state index contributed by atoms with van der Waals surface area (Å²) in [4.78, 5) is 23.7. The Kier molecular flexibility index (Phi) is 4.01. The molecule has 0 aromatic carbocycles. The molecular weight excluding hydrogens is 282 g/mol. The van der Waals surface area contributed by atoms with Crippen molar-refractivity contribution in [3.63, 3.8) is 0 Å². The summed E-state index contributed by atoms with van der Waals surface area (Å²) in [6.07, 6.45) is 0. The maximum absolute atomic E-state index is 12.3. The van der Waals surface area contributed by atoms with Crippen LogP contribution in [-0.4, -0.2) is 34.9 Å². The van der Waals surface area contributed by atoms with Crippen molar-refractivity contribution < 1.29 is 4.79 Å². The molecule has 2 aromatic rings. The fourth-order valence-electron chi connectivity index (χ4n) is 1.53. The topological polar surface area (TPSA) is 84.1 Å². The second kappa shape index (κ2) is 5.54. The maximum Gasteiger partial charge on any atom is 0.267 e. The molecule has 0 atom stereocenters. The van der Waals surface area contributed by atoms with Crippen molar-refractivity contribution in [3.05, 3.63) is 21.0 Å². The molecule has 8 heteroatoms. The molecular formula is C11H15N5OS2. The lowest BCUT2D eigenvalue weighted by Crippen LogP contribution is -2.26. The number of rotatable bonds is 4. The van der Waals surface area contributed by atoms with E-state index in [-0.39, 0.29) is 11.7 Å². The number of anilines is 2. The highest BCUT2D eigenvalue weighted by molar-refractivity contribution is 7.18. The van der Waals surface area contributed by atoms with E-state index in [4.69, 9.17) is 5.73 Å². The summed E-state index contributed by atoms with van der Waals surface area (Å²) in [5, 5.41) is 3.53. The van der Waals surface area contributed by atoms with Crippen molar-refractivity contribution in [3.8, 4) is 0 Å². The van der Waals surface area contributed by atoms with Gasteiger partial charge in [-0.05, 0) is 6.92 Å². The molecule has 0 saturated heterocycles. The Labute approximate surface area is 119 Å². The fraction of sp³-hybridized carbons (Fsp3) is 0.364. The van der Waals surface area contributed by atoms with Crippen LogP contribution in [0, 0.1) is 6.92 Å². The summed E-state index contributed by atoms with van der Waals surface area (Å²) in [7, 11) is 3.50. The predicted octanol–water partition coefficient (Wildman–Crippen LogP) is 1.80. The normalized spacial score (nSPS) is 10.5. The lowest BCUT2D eigenvalue weighted by molar-refractivity contribution is 0.0792. The Morgan fingerprint density at radius 1 is 1.58 bits per heavy atom. The van der Waals surface area contributed by atoms with E-state index in [1.54, 1.807) is 35.8 Å². The van der Waals surface area contributed by atoms with Crippen molar-refractivity contribution in [1.29, 1.82) is 0 Å². The molecule has 0 aliphatic rings. The Morgan fingerprint density at radius 2 is 2.32 bits per heavy atom. The zero-order chi connectivity index (χ0) is 14.0. The summed E-state index contributed by atoms with van der Waals surface area (Å²) < 4.78 is 0. The third-order valence-corrected chi connectivity index (χ3v) is 4.63. The van der Waals surface area contributed by atoms with E-state index < -0.39 is 0 Å². The molecule has 0 radical (unpaired) electrons. The van der Waals surface area contributed by atoms with Gasteiger partial charge in [-0.25, -0.2) is 9.97 Å². The van der Waals surface area contributed by atoms with Crippen molar-refractivity contribution in [1.82, 2.24) is 14.9 Å². The zero-order valence-electron chi connectivity index (χ0n) is 10.9. The number of carbonyl (C=O) groups is 1. The van der Waals surface area contributed by atoms with E-state index in [1.165, 1.54) is 11.3 Å². The number of aromatic nitrogens is 2. The first-order chi connectivity index (χ1) is 9.02. The quantitative estimate of drug-likeness (QED) is 0.899. The van der Waals surface area contributed by atoms with Gasteiger partial charge in [0.15, 0.2) is 5.13 Å². The first kappa shape index (κ1) is 13.8. The van der Waals surface area contributed by atoms with E-state index in [1.807, 2.05) is 6.92 Å². The molecule has 19 heavy (non-hydrogen) atoms. The molecule has 0 unspecified atom stereocenters. The van der Waals surface area contributed by atoms with Crippen LogP contribution < -0.4 is 11.1 Å². The van der Waals surface area contributed by atoms with Crippen LogP contribution in [0.1, 0.15) is 20.2 Å². The number of hydrogen-bond donors (Lipinski definition) is 2. The number of thiazole rings is 2. The maximum atomic E-state index is 12.3. The molecule has 2 rings (SSSR count). The molecule has 0 bridgehead atoms. The molecule has 2 heterocycles. The Morgan fingerprint density at radius 3 is 2.84 bits per heavy atom. The van der Waals surface area contributed by atoms with E-state index in [2.05, 4.69) is 15.3 Å². The van der Waals surface area contributed by atoms with E-state index >= 15 is 0 Å².